The monoisotopic (exact) mass is 393 g/mol. The van der Waals surface area contributed by atoms with Crippen molar-refractivity contribution in [1.29, 1.82) is 0 Å². The van der Waals surface area contributed by atoms with E-state index in [0.717, 1.165) is 46.5 Å². The van der Waals surface area contributed by atoms with Crippen LogP contribution in [0.15, 0.2) is 57.7 Å². The van der Waals surface area contributed by atoms with E-state index in [4.69, 9.17) is 18.9 Å². The van der Waals surface area contributed by atoms with Crippen LogP contribution in [0.2, 0.25) is 0 Å². The molecule has 4 aromatic rings. The number of furan rings is 1. The zero-order valence-electron chi connectivity index (χ0n) is 15.3. The Morgan fingerprint density at radius 2 is 2.04 bits per heavy atom. The Morgan fingerprint density at radius 1 is 1.14 bits per heavy atom. The maximum absolute atomic E-state index is 5.67. The van der Waals surface area contributed by atoms with Crippen molar-refractivity contribution in [2.45, 2.75) is 6.04 Å². The second kappa shape index (κ2) is 7.31. The lowest BCUT2D eigenvalue weighted by atomic mass is 10.1. The predicted molar refractivity (Wildman–Crippen MR) is 107 cm³/mol. The molecule has 1 fully saturated rings. The van der Waals surface area contributed by atoms with Crippen LogP contribution in [0.4, 0.5) is 0 Å². The highest BCUT2D eigenvalue weighted by molar-refractivity contribution is 7.18. The highest BCUT2D eigenvalue weighted by atomic mass is 32.1. The van der Waals surface area contributed by atoms with Crippen LogP contribution in [-0.4, -0.2) is 46.7 Å². The standard InChI is InChI=1S/C20H19N5O2S/c1-25-10-9-21-12-14(25)18-23-19(27-24-18)17-16(13-6-3-2-4-7-13)22-20(28-17)15-8-5-11-26-15/h2-8,11,14,21H,9-10,12H2,1H3. The first-order valence-electron chi connectivity index (χ1n) is 9.14. The summed E-state index contributed by atoms with van der Waals surface area (Å²) in [5.41, 5.74) is 1.82. The number of likely N-dealkylation sites (N-methyl/N-ethyl adjacent to an activating group) is 1. The Hall–Kier alpha value is -2.81. The van der Waals surface area contributed by atoms with E-state index in [9.17, 15) is 0 Å². The number of hydrogen-bond acceptors (Lipinski definition) is 8. The molecule has 4 heterocycles. The minimum atomic E-state index is 0.101. The average Bonchev–Trinajstić information content (AvgIpc) is 3.48. The number of hydrogen-bond donors (Lipinski definition) is 1. The van der Waals surface area contributed by atoms with E-state index >= 15 is 0 Å². The fourth-order valence-electron chi connectivity index (χ4n) is 3.32. The van der Waals surface area contributed by atoms with Crippen LogP contribution in [0.3, 0.4) is 0 Å². The van der Waals surface area contributed by atoms with Gasteiger partial charge in [-0.3, -0.25) is 4.90 Å². The second-order valence-corrected chi connectivity index (χ2v) is 7.70. The first kappa shape index (κ1) is 17.3. The molecule has 5 rings (SSSR count). The molecule has 1 saturated heterocycles. The third-order valence-electron chi connectivity index (χ3n) is 4.85. The Morgan fingerprint density at radius 3 is 2.82 bits per heavy atom. The fourth-order valence-corrected chi connectivity index (χ4v) is 4.30. The molecule has 1 unspecified atom stereocenters. The molecule has 3 aromatic heterocycles. The maximum atomic E-state index is 5.67. The molecule has 0 radical (unpaired) electrons. The van der Waals surface area contributed by atoms with Crippen LogP contribution in [-0.2, 0) is 0 Å². The first-order valence-corrected chi connectivity index (χ1v) is 9.96. The fraction of sp³-hybridized carbons (Fsp3) is 0.250. The number of rotatable bonds is 4. The number of nitrogens with zero attached hydrogens (tertiary/aromatic N) is 4. The van der Waals surface area contributed by atoms with Gasteiger partial charge in [0.1, 0.15) is 4.88 Å². The van der Waals surface area contributed by atoms with Crippen LogP contribution < -0.4 is 5.32 Å². The molecule has 1 aromatic carbocycles. The van der Waals surface area contributed by atoms with Crippen LogP contribution in [0.25, 0.3) is 32.8 Å². The van der Waals surface area contributed by atoms with Gasteiger partial charge in [-0.2, -0.15) is 4.98 Å². The Balaban J connectivity index is 1.57. The number of thiazole rings is 1. The van der Waals surface area contributed by atoms with E-state index in [1.165, 1.54) is 11.3 Å². The number of aromatic nitrogens is 3. The van der Waals surface area contributed by atoms with Crippen molar-refractivity contribution in [2.24, 2.45) is 0 Å². The van der Waals surface area contributed by atoms with Gasteiger partial charge < -0.3 is 14.3 Å². The summed E-state index contributed by atoms with van der Waals surface area (Å²) in [4.78, 5) is 12.6. The van der Waals surface area contributed by atoms with Gasteiger partial charge in [-0.15, -0.1) is 11.3 Å². The van der Waals surface area contributed by atoms with Gasteiger partial charge in [0.05, 0.1) is 18.0 Å². The van der Waals surface area contributed by atoms with Crippen molar-refractivity contribution in [1.82, 2.24) is 25.3 Å². The van der Waals surface area contributed by atoms with Crippen LogP contribution in [0, 0.1) is 0 Å². The van der Waals surface area contributed by atoms with Crippen LogP contribution in [0.5, 0.6) is 0 Å². The quantitative estimate of drug-likeness (QED) is 0.566. The molecule has 0 amide bonds. The van der Waals surface area contributed by atoms with Crippen molar-refractivity contribution in [3.05, 3.63) is 54.6 Å². The lowest BCUT2D eigenvalue weighted by Gasteiger charge is -2.30. The summed E-state index contributed by atoms with van der Waals surface area (Å²) in [5.74, 6) is 1.91. The molecular formula is C20H19N5O2S. The number of piperazine rings is 1. The lowest BCUT2D eigenvalue weighted by Crippen LogP contribution is -2.44. The van der Waals surface area contributed by atoms with Gasteiger partial charge in [0.15, 0.2) is 16.6 Å². The lowest BCUT2D eigenvalue weighted by molar-refractivity contribution is 0.190. The van der Waals surface area contributed by atoms with Crippen molar-refractivity contribution in [3.8, 4) is 32.8 Å². The molecule has 8 heteroatoms. The van der Waals surface area contributed by atoms with Crippen molar-refractivity contribution < 1.29 is 8.94 Å². The second-order valence-electron chi connectivity index (χ2n) is 6.70. The highest BCUT2D eigenvalue weighted by Gasteiger charge is 2.27. The van der Waals surface area contributed by atoms with Gasteiger partial charge in [0.25, 0.3) is 5.89 Å². The molecule has 0 bridgehead atoms. The molecule has 1 atom stereocenters. The van der Waals surface area contributed by atoms with Gasteiger partial charge in [0, 0.05) is 25.2 Å². The number of nitrogens with one attached hydrogen (secondary N) is 1. The summed E-state index contributed by atoms with van der Waals surface area (Å²) in [6, 6.07) is 13.9. The van der Waals surface area contributed by atoms with Gasteiger partial charge >= 0.3 is 0 Å². The summed E-state index contributed by atoms with van der Waals surface area (Å²) in [6.45, 7) is 2.73. The topological polar surface area (TPSA) is 80.2 Å². The zero-order chi connectivity index (χ0) is 18.9. The molecule has 0 spiro atoms. The van der Waals surface area contributed by atoms with Crippen molar-refractivity contribution >= 4 is 11.3 Å². The number of benzene rings is 1. The van der Waals surface area contributed by atoms with Gasteiger partial charge in [-0.25, -0.2) is 4.98 Å². The van der Waals surface area contributed by atoms with Gasteiger partial charge in [-0.05, 0) is 19.2 Å². The maximum Gasteiger partial charge on any atom is 0.270 e. The first-order chi connectivity index (χ1) is 13.8. The summed E-state index contributed by atoms with van der Waals surface area (Å²) in [5, 5.41) is 8.44. The normalized spacial score (nSPS) is 17.8. The predicted octanol–water partition coefficient (Wildman–Crippen LogP) is 3.70. The van der Waals surface area contributed by atoms with Gasteiger partial charge in [0.2, 0.25) is 0 Å². The summed E-state index contributed by atoms with van der Waals surface area (Å²) in [7, 11) is 2.08. The summed E-state index contributed by atoms with van der Waals surface area (Å²) >= 11 is 1.50. The Kier molecular flexibility index (Phi) is 4.52. The minimum absolute atomic E-state index is 0.101. The van der Waals surface area contributed by atoms with E-state index < -0.39 is 0 Å². The molecule has 0 aliphatic carbocycles. The van der Waals surface area contributed by atoms with Crippen molar-refractivity contribution in [2.75, 3.05) is 26.7 Å². The Labute approximate surface area is 166 Å². The average molecular weight is 393 g/mol. The molecule has 0 saturated carbocycles. The highest BCUT2D eigenvalue weighted by Crippen LogP contribution is 2.40. The van der Waals surface area contributed by atoms with Crippen LogP contribution in [0.1, 0.15) is 11.9 Å². The molecule has 1 N–H and O–H groups in total. The third kappa shape index (κ3) is 3.15. The molecule has 142 valence electrons. The molecule has 1 aliphatic rings. The van der Waals surface area contributed by atoms with E-state index in [-0.39, 0.29) is 6.04 Å². The minimum Gasteiger partial charge on any atom is -0.462 e. The third-order valence-corrected chi connectivity index (χ3v) is 5.91. The molecular weight excluding hydrogens is 374 g/mol. The van der Waals surface area contributed by atoms with Crippen molar-refractivity contribution in [3.63, 3.8) is 0 Å². The summed E-state index contributed by atoms with van der Waals surface area (Å²) in [6.07, 6.45) is 1.65. The SMILES string of the molecule is CN1CCNCC1c1noc(-c2sc(-c3ccco3)nc2-c2ccccc2)n1. The zero-order valence-corrected chi connectivity index (χ0v) is 16.1. The molecule has 7 nitrogen and oxygen atoms in total. The van der Waals surface area contributed by atoms with E-state index in [2.05, 4.69) is 22.4 Å². The van der Waals surface area contributed by atoms with Gasteiger partial charge in [-0.1, -0.05) is 35.5 Å². The van der Waals surface area contributed by atoms with Crippen LogP contribution >= 0.6 is 11.3 Å². The van der Waals surface area contributed by atoms with E-state index in [1.807, 2.05) is 42.5 Å². The summed E-state index contributed by atoms with van der Waals surface area (Å²) < 4.78 is 11.2. The molecule has 1 aliphatic heterocycles. The smallest absolute Gasteiger partial charge is 0.270 e. The van der Waals surface area contributed by atoms with E-state index in [0.29, 0.717) is 11.7 Å². The molecule has 28 heavy (non-hydrogen) atoms. The largest absolute Gasteiger partial charge is 0.462 e. The van der Waals surface area contributed by atoms with E-state index in [1.54, 1.807) is 6.26 Å². The Bertz CT molecular complexity index is 1060.